The Morgan fingerprint density at radius 2 is 2.00 bits per heavy atom. The lowest BCUT2D eigenvalue weighted by molar-refractivity contribution is 0.533. The van der Waals surface area contributed by atoms with Crippen LogP contribution in [-0.2, 0) is 0 Å². The van der Waals surface area contributed by atoms with Crippen molar-refractivity contribution < 1.29 is 0 Å². The molecule has 2 rings (SSSR count). The molecule has 1 aliphatic rings. The number of hydrogen-bond acceptors (Lipinski definition) is 2. The number of nitriles is 1. The first kappa shape index (κ1) is 11.0. The van der Waals surface area contributed by atoms with Gasteiger partial charge in [-0.15, -0.1) is 0 Å². The fourth-order valence-corrected chi connectivity index (χ4v) is 2.51. The number of benzene rings is 1. The van der Waals surface area contributed by atoms with Gasteiger partial charge in [0.05, 0.1) is 11.3 Å². The molecule has 16 heavy (non-hydrogen) atoms. The molecule has 0 aliphatic heterocycles. The van der Waals surface area contributed by atoms with Crippen molar-refractivity contribution in [2.75, 3.05) is 5.32 Å². The second-order valence-corrected chi connectivity index (χ2v) is 5.00. The van der Waals surface area contributed by atoms with Crippen molar-refractivity contribution in [2.24, 2.45) is 0 Å². The maximum absolute atomic E-state index is 9.11. The van der Waals surface area contributed by atoms with Crippen LogP contribution in [0.25, 0.3) is 0 Å². The molecule has 0 unspecified atom stereocenters. The molecule has 0 radical (unpaired) electrons. The van der Waals surface area contributed by atoms with E-state index in [1.807, 2.05) is 12.1 Å². The van der Waals surface area contributed by atoms with Crippen molar-refractivity contribution in [3.63, 3.8) is 0 Å². The van der Waals surface area contributed by atoms with Gasteiger partial charge in [-0.05, 0) is 38.3 Å². The summed E-state index contributed by atoms with van der Waals surface area (Å²) in [5, 5.41) is 12.7. The summed E-state index contributed by atoms with van der Waals surface area (Å²) in [7, 11) is 0. The minimum Gasteiger partial charge on any atom is -0.379 e. The van der Waals surface area contributed by atoms with Gasteiger partial charge in [-0.1, -0.05) is 25.0 Å². The third kappa shape index (κ3) is 2.04. The lowest BCUT2D eigenvalue weighted by atomic mass is 9.98. The van der Waals surface area contributed by atoms with E-state index in [0.29, 0.717) is 0 Å². The number of aryl methyl sites for hydroxylation is 1. The summed E-state index contributed by atoms with van der Waals surface area (Å²) in [6.07, 6.45) is 4.98. The van der Waals surface area contributed by atoms with Gasteiger partial charge in [-0.3, -0.25) is 0 Å². The molecule has 0 spiro atoms. The molecule has 0 heterocycles. The Balaban J connectivity index is 2.30. The van der Waals surface area contributed by atoms with E-state index < -0.39 is 0 Å². The van der Waals surface area contributed by atoms with E-state index in [9.17, 15) is 0 Å². The molecule has 1 saturated carbocycles. The Labute approximate surface area is 97.3 Å². The highest BCUT2D eigenvalue weighted by atomic mass is 15.0. The summed E-state index contributed by atoms with van der Waals surface area (Å²) in [6.45, 7) is 4.31. The first-order valence-electron chi connectivity index (χ1n) is 5.92. The molecule has 0 atom stereocenters. The maximum atomic E-state index is 9.11. The predicted octanol–water partition coefficient (Wildman–Crippen LogP) is 3.61. The molecule has 84 valence electrons. The van der Waals surface area contributed by atoms with Crippen molar-refractivity contribution in [1.29, 1.82) is 5.26 Å². The van der Waals surface area contributed by atoms with E-state index in [0.717, 1.165) is 16.8 Å². The molecule has 0 aromatic heterocycles. The zero-order chi connectivity index (χ0) is 11.6. The van der Waals surface area contributed by atoms with Gasteiger partial charge in [0.25, 0.3) is 0 Å². The second kappa shape index (κ2) is 4.17. The van der Waals surface area contributed by atoms with Gasteiger partial charge in [0.2, 0.25) is 0 Å². The Hall–Kier alpha value is -1.49. The second-order valence-electron chi connectivity index (χ2n) is 5.00. The van der Waals surface area contributed by atoms with Crippen LogP contribution in [0.2, 0.25) is 0 Å². The van der Waals surface area contributed by atoms with Crippen LogP contribution in [0.15, 0.2) is 18.2 Å². The lowest BCUT2D eigenvalue weighted by Crippen LogP contribution is -2.31. The Morgan fingerprint density at radius 3 is 2.62 bits per heavy atom. The van der Waals surface area contributed by atoms with E-state index >= 15 is 0 Å². The highest BCUT2D eigenvalue weighted by Gasteiger charge is 2.29. The molecule has 1 aromatic carbocycles. The van der Waals surface area contributed by atoms with Crippen molar-refractivity contribution in [3.8, 4) is 6.07 Å². The highest BCUT2D eigenvalue weighted by Crippen LogP contribution is 2.34. The molecular weight excluding hydrogens is 196 g/mol. The summed E-state index contributed by atoms with van der Waals surface area (Å²) < 4.78 is 0. The summed E-state index contributed by atoms with van der Waals surface area (Å²) in [6, 6.07) is 8.15. The van der Waals surface area contributed by atoms with Crippen LogP contribution >= 0.6 is 0 Å². The normalized spacial score (nSPS) is 18.1. The first-order valence-corrected chi connectivity index (χ1v) is 5.92. The van der Waals surface area contributed by atoms with Gasteiger partial charge in [0.15, 0.2) is 0 Å². The van der Waals surface area contributed by atoms with Crippen LogP contribution in [-0.4, -0.2) is 5.54 Å². The Bertz CT molecular complexity index is 423. The number of hydrogen-bond donors (Lipinski definition) is 1. The van der Waals surface area contributed by atoms with Gasteiger partial charge in [0.1, 0.15) is 6.07 Å². The van der Waals surface area contributed by atoms with E-state index in [2.05, 4.69) is 31.3 Å². The number of anilines is 1. The average Bonchev–Trinajstić information content (AvgIpc) is 2.68. The monoisotopic (exact) mass is 214 g/mol. The third-order valence-electron chi connectivity index (χ3n) is 3.53. The van der Waals surface area contributed by atoms with Crippen molar-refractivity contribution in [2.45, 2.75) is 45.1 Å². The molecule has 1 N–H and O–H groups in total. The van der Waals surface area contributed by atoms with Gasteiger partial charge < -0.3 is 5.32 Å². The minimum absolute atomic E-state index is 0.178. The zero-order valence-corrected chi connectivity index (χ0v) is 10.0. The van der Waals surface area contributed by atoms with Gasteiger partial charge in [0, 0.05) is 5.54 Å². The minimum atomic E-state index is 0.178. The predicted molar refractivity (Wildman–Crippen MR) is 66.4 cm³/mol. The number of rotatable bonds is 2. The third-order valence-corrected chi connectivity index (χ3v) is 3.53. The molecule has 1 aromatic rings. The van der Waals surface area contributed by atoms with Crippen molar-refractivity contribution >= 4 is 5.69 Å². The summed E-state index contributed by atoms with van der Waals surface area (Å²) in [4.78, 5) is 0. The molecular formula is C14H18N2. The van der Waals surface area contributed by atoms with E-state index in [1.54, 1.807) is 0 Å². The Kier molecular flexibility index (Phi) is 2.87. The Morgan fingerprint density at radius 1 is 1.31 bits per heavy atom. The highest BCUT2D eigenvalue weighted by molar-refractivity contribution is 5.63. The quantitative estimate of drug-likeness (QED) is 0.816. The molecule has 0 amide bonds. The molecule has 0 bridgehead atoms. The average molecular weight is 214 g/mol. The topological polar surface area (TPSA) is 35.8 Å². The summed E-state index contributed by atoms with van der Waals surface area (Å²) in [5.74, 6) is 0. The smallest absolute Gasteiger partial charge is 0.101 e. The van der Waals surface area contributed by atoms with Crippen LogP contribution < -0.4 is 5.32 Å². The van der Waals surface area contributed by atoms with Crippen molar-refractivity contribution in [3.05, 3.63) is 29.3 Å². The van der Waals surface area contributed by atoms with Crippen LogP contribution in [0.1, 0.15) is 43.7 Å². The molecule has 2 heteroatoms. The number of para-hydroxylation sites is 1. The van der Waals surface area contributed by atoms with Gasteiger partial charge in [-0.2, -0.15) is 5.26 Å². The fourth-order valence-electron chi connectivity index (χ4n) is 2.51. The van der Waals surface area contributed by atoms with Crippen molar-refractivity contribution in [1.82, 2.24) is 0 Å². The molecule has 0 saturated heterocycles. The van der Waals surface area contributed by atoms with Crippen LogP contribution in [0.5, 0.6) is 0 Å². The standard InChI is InChI=1S/C14H18N2/c1-11-6-5-7-12(10-15)13(11)16-14(2)8-3-4-9-14/h5-7,16H,3-4,8-9H2,1-2H3. The largest absolute Gasteiger partial charge is 0.379 e. The lowest BCUT2D eigenvalue weighted by Gasteiger charge is -2.28. The first-order chi connectivity index (χ1) is 7.64. The molecule has 2 nitrogen and oxygen atoms in total. The van der Waals surface area contributed by atoms with Crippen LogP contribution in [0, 0.1) is 18.3 Å². The van der Waals surface area contributed by atoms with Crippen LogP contribution in [0.3, 0.4) is 0 Å². The van der Waals surface area contributed by atoms with E-state index in [4.69, 9.17) is 5.26 Å². The number of nitrogens with one attached hydrogen (secondary N) is 1. The van der Waals surface area contributed by atoms with Crippen LogP contribution in [0.4, 0.5) is 5.69 Å². The van der Waals surface area contributed by atoms with Gasteiger partial charge in [-0.25, -0.2) is 0 Å². The van der Waals surface area contributed by atoms with Gasteiger partial charge >= 0.3 is 0 Å². The summed E-state index contributed by atoms with van der Waals surface area (Å²) >= 11 is 0. The fraction of sp³-hybridized carbons (Fsp3) is 0.500. The SMILES string of the molecule is Cc1cccc(C#N)c1NC1(C)CCCC1. The molecule has 1 fully saturated rings. The maximum Gasteiger partial charge on any atom is 0.101 e. The zero-order valence-electron chi connectivity index (χ0n) is 10.0. The summed E-state index contributed by atoms with van der Waals surface area (Å²) in [5.41, 5.74) is 3.12. The number of nitrogens with zero attached hydrogens (tertiary/aromatic N) is 1. The van der Waals surface area contributed by atoms with E-state index in [1.165, 1.54) is 25.7 Å². The molecule has 1 aliphatic carbocycles. The van der Waals surface area contributed by atoms with E-state index in [-0.39, 0.29) is 5.54 Å².